The molecule has 0 radical (unpaired) electrons. The molecule has 5 heteroatoms. The predicted octanol–water partition coefficient (Wildman–Crippen LogP) is 2.16. The molecule has 3 rings (SSSR count). The Morgan fingerprint density at radius 3 is 2.42 bits per heavy atom. The minimum absolute atomic E-state index is 0.276. The van der Waals surface area contributed by atoms with Gasteiger partial charge < -0.3 is 10.2 Å². The molecule has 0 spiro atoms. The van der Waals surface area contributed by atoms with Crippen molar-refractivity contribution in [2.24, 2.45) is 17.8 Å². The average molecular weight is 332 g/mol. The van der Waals surface area contributed by atoms with Crippen LogP contribution in [-0.4, -0.2) is 46.8 Å². The third-order valence-corrected chi connectivity index (χ3v) is 5.77. The van der Waals surface area contributed by atoms with Crippen LogP contribution in [0.4, 0.5) is 0 Å². The maximum Gasteiger partial charge on any atom is 0.227 e. The van der Waals surface area contributed by atoms with Crippen LogP contribution >= 0.6 is 0 Å². The van der Waals surface area contributed by atoms with E-state index in [2.05, 4.69) is 40.8 Å². The minimum atomic E-state index is 0.276. The molecule has 2 aliphatic rings. The number of hydrogen-bond acceptors (Lipinski definition) is 3. The van der Waals surface area contributed by atoms with E-state index in [0.29, 0.717) is 12.3 Å². The van der Waals surface area contributed by atoms with Crippen LogP contribution in [0.25, 0.3) is 0 Å². The number of carbonyl (C=O) groups excluding carboxylic acids is 1. The minimum Gasteiger partial charge on any atom is -0.342 e. The second-order valence-corrected chi connectivity index (χ2v) is 8.04. The predicted molar refractivity (Wildman–Crippen MR) is 95.9 cm³/mol. The molecule has 2 atom stereocenters. The molecule has 0 unspecified atom stereocenters. The van der Waals surface area contributed by atoms with Gasteiger partial charge in [-0.05, 0) is 57.5 Å². The summed E-state index contributed by atoms with van der Waals surface area (Å²) in [4.78, 5) is 14.9. The number of aryl methyl sites for hydroxylation is 1. The van der Waals surface area contributed by atoms with E-state index in [-0.39, 0.29) is 5.91 Å². The molecule has 0 aliphatic carbocycles. The third kappa shape index (κ3) is 3.66. The van der Waals surface area contributed by atoms with Gasteiger partial charge in [0, 0.05) is 30.9 Å². The average Bonchev–Trinajstić information content (AvgIpc) is 3.00. The quantitative estimate of drug-likeness (QED) is 0.919. The van der Waals surface area contributed by atoms with Crippen molar-refractivity contribution in [2.45, 2.75) is 53.5 Å². The zero-order valence-corrected chi connectivity index (χ0v) is 15.6. The lowest BCUT2D eigenvalue weighted by atomic mass is 9.92. The number of amides is 1. The Bertz CT molecular complexity index is 578. The van der Waals surface area contributed by atoms with Crippen molar-refractivity contribution in [2.75, 3.05) is 26.2 Å². The van der Waals surface area contributed by atoms with Crippen molar-refractivity contribution >= 4 is 5.91 Å². The van der Waals surface area contributed by atoms with Crippen LogP contribution in [0.15, 0.2) is 0 Å². The summed E-state index contributed by atoms with van der Waals surface area (Å²) in [5.41, 5.74) is 3.30. The fraction of sp³-hybridized carbons (Fsp3) is 0.789. The molecule has 134 valence electrons. The van der Waals surface area contributed by atoms with Crippen molar-refractivity contribution < 1.29 is 4.79 Å². The fourth-order valence-corrected chi connectivity index (χ4v) is 4.24. The first-order chi connectivity index (χ1) is 11.5. The molecule has 2 aliphatic heterocycles. The van der Waals surface area contributed by atoms with E-state index >= 15 is 0 Å². The first-order valence-electron chi connectivity index (χ1n) is 9.47. The highest BCUT2D eigenvalue weighted by Crippen LogP contribution is 2.27. The van der Waals surface area contributed by atoms with Crippen LogP contribution in [0.3, 0.4) is 0 Å². The number of hydrogen-bond donors (Lipinski definition) is 1. The second kappa shape index (κ2) is 7.26. The van der Waals surface area contributed by atoms with Crippen molar-refractivity contribution in [3.05, 3.63) is 17.0 Å². The molecular formula is C19H32N4O. The summed E-state index contributed by atoms with van der Waals surface area (Å²) in [5, 5.41) is 8.15. The third-order valence-electron chi connectivity index (χ3n) is 5.77. The van der Waals surface area contributed by atoms with Gasteiger partial charge in [-0.2, -0.15) is 5.10 Å². The highest BCUT2D eigenvalue weighted by molar-refractivity contribution is 5.79. The molecule has 0 aromatic carbocycles. The van der Waals surface area contributed by atoms with Gasteiger partial charge in [0.25, 0.3) is 0 Å². The highest BCUT2D eigenvalue weighted by Gasteiger charge is 2.31. The molecule has 1 aromatic heterocycles. The van der Waals surface area contributed by atoms with Crippen LogP contribution < -0.4 is 5.32 Å². The van der Waals surface area contributed by atoms with Gasteiger partial charge in [0.2, 0.25) is 5.91 Å². The van der Waals surface area contributed by atoms with E-state index < -0.39 is 0 Å². The molecule has 1 aromatic rings. The zero-order valence-electron chi connectivity index (χ0n) is 15.6. The summed E-state index contributed by atoms with van der Waals surface area (Å²) in [7, 11) is 0. The number of aromatic nitrogens is 2. The van der Waals surface area contributed by atoms with Gasteiger partial charge in [0.05, 0.1) is 12.1 Å². The van der Waals surface area contributed by atoms with Crippen molar-refractivity contribution in [1.29, 1.82) is 0 Å². The van der Waals surface area contributed by atoms with Crippen LogP contribution in [-0.2, 0) is 17.8 Å². The molecule has 24 heavy (non-hydrogen) atoms. The highest BCUT2D eigenvalue weighted by atomic mass is 16.2. The summed E-state index contributed by atoms with van der Waals surface area (Å²) < 4.78 is 2.07. The normalized spacial score (nSPS) is 24.3. The first kappa shape index (κ1) is 17.5. The van der Waals surface area contributed by atoms with Gasteiger partial charge in [-0.1, -0.05) is 13.8 Å². The Kier molecular flexibility index (Phi) is 5.28. The number of nitrogens with zero attached hydrogens (tertiary/aromatic N) is 3. The Hall–Kier alpha value is -1.36. The number of nitrogens with one attached hydrogen (secondary N) is 1. The Balaban J connectivity index is 1.65. The maximum atomic E-state index is 12.8. The van der Waals surface area contributed by atoms with E-state index in [9.17, 15) is 4.79 Å². The molecule has 5 nitrogen and oxygen atoms in total. The van der Waals surface area contributed by atoms with Crippen molar-refractivity contribution in [1.82, 2.24) is 20.0 Å². The second-order valence-electron chi connectivity index (χ2n) is 8.04. The van der Waals surface area contributed by atoms with Gasteiger partial charge in [0.1, 0.15) is 0 Å². The van der Waals surface area contributed by atoms with E-state index in [0.717, 1.165) is 74.4 Å². The molecule has 2 fully saturated rings. The van der Waals surface area contributed by atoms with Crippen LogP contribution in [0, 0.1) is 31.6 Å². The maximum absolute atomic E-state index is 12.8. The Labute approximate surface area is 145 Å². The lowest BCUT2D eigenvalue weighted by Gasteiger charge is -2.21. The molecule has 1 N–H and O–H groups in total. The number of rotatable bonds is 4. The Morgan fingerprint density at radius 1 is 1.21 bits per heavy atom. The molecule has 0 saturated carbocycles. The SMILES string of the molecule is Cc1nn(CC(C)C)c(C)c1CC(=O)N1CC[C@@H]2CNC[C@@H]2CC1. The lowest BCUT2D eigenvalue weighted by Crippen LogP contribution is -2.34. The molecule has 2 saturated heterocycles. The number of carbonyl (C=O) groups is 1. The monoisotopic (exact) mass is 332 g/mol. The fourth-order valence-electron chi connectivity index (χ4n) is 4.24. The van der Waals surface area contributed by atoms with E-state index in [1.165, 1.54) is 0 Å². The first-order valence-corrected chi connectivity index (χ1v) is 9.47. The van der Waals surface area contributed by atoms with Gasteiger partial charge in [0.15, 0.2) is 0 Å². The smallest absolute Gasteiger partial charge is 0.227 e. The topological polar surface area (TPSA) is 50.2 Å². The molecule has 1 amide bonds. The molecule has 3 heterocycles. The van der Waals surface area contributed by atoms with Gasteiger partial charge in [-0.3, -0.25) is 9.48 Å². The zero-order chi connectivity index (χ0) is 17.3. The van der Waals surface area contributed by atoms with Crippen LogP contribution in [0.5, 0.6) is 0 Å². The summed E-state index contributed by atoms with van der Waals surface area (Å²) in [6.07, 6.45) is 2.80. The van der Waals surface area contributed by atoms with Gasteiger partial charge in [-0.15, -0.1) is 0 Å². The standard InChI is InChI=1S/C19H32N4O/c1-13(2)12-23-15(4)18(14(3)21-23)9-19(24)22-7-5-16-10-20-11-17(16)6-8-22/h13,16-17,20H,5-12H2,1-4H3/t16-,17+. The van der Waals surface area contributed by atoms with Gasteiger partial charge in [-0.25, -0.2) is 0 Å². The summed E-state index contributed by atoms with van der Waals surface area (Å²) in [5.74, 6) is 2.36. The molecular weight excluding hydrogens is 300 g/mol. The number of fused-ring (bicyclic) bond motifs is 1. The van der Waals surface area contributed by atoms with Crippen LogP contribution in [0.1, 0.15) is 43.6 Å². The summed E-state index contributed by atoms with van der Waals surface area (Å²) in [6.45, 7) is 13.5. The summed E-state index contributed by atoms with van der Waals surface area (Å²) >= 11 is 0. The largest absolute Gasteiger partial charge is 0.342 e. The van der Waals surface area contributed by atoms with Crippen molar-refractivity contribution in [3.63, 3.8) is 0 Å². The van der Waals surface area contributed by atoms with Crippen LogP contribution in [0.2, 0.25) is 0 Å². The van der Waals surface area contributed by atoms with Crippen molar-refractivity contribution in [3.8, 4) is 0 Å². The Morgan fingerprint density at radius 2 is 1.83 bits per heavy atom. The molecule has 0 bridgehead atoms. The number of likely N-dealkylation sites (tertiary alicyclic amines) is 1. The summed E-state index contributed by atoms with van der Waals surface area (Å²) in [6, 6.07) is 0. The van der Waals surface area contributed by atoms with Gasteiger partial charge >= 0.3 is 0 Å². The lowest BCUT2D eigenvalue weighted by molar-refractivity contribution is -0.130. The van der Waals surface area contributed by atoms with E-state index in [4.69, 9.17) is 0 Å². The van der Waals surface area contributed by atoms with E-state index in [1.54, 1.807) is 0 Å². The van der Waals surface area contributed by atoms with E-state index in [1.807, 2.05) is 6.92 Å².